The summed E-state index contributed by atoms with van der Waals surface area (Å²) < 4.78 is 33.8. The first-order valence-corrected chi connectivity index (χ1v) is 4.65. The molecule has 0 radical (unpaired) electrons. The van der Waals surface area contributed by atoms with Crippen molar-refractivity contribution < 1.29 is 46.9 Å². The molecule has 0 N–H and O–H groups in total. The molecule has 0 aliphatic heterocycles. The van der Waals surface area contributed by atoms with E-state index in [1.165, 1.54) is 0 Å². The third-order valence-electron chi connectivity index (χ3n) is 0. The van der Waals surface area contributed by atoms with Crippen LogP contribution in [0.1, 0.15) is 0 Å². The molecule has 0 aromatic heterocycles. The molecule has 6 heteroatoms. The van der Waals surface area contributed by atoms with Gasteiger partial charge in [-0.05, 0) is 0 Å². The molecule has 0 aliphatic rings. The van der Waals surface area contributed by atoms with Gasteiger partial charge in [0.25, 0.3) is 0 Å². The molecule has 0 saturated carbocycles. The van der Waals surface area contributed by atoms with Crippen LogP contribution in [0.5, 0.6) is 0 Å². The Kier molecular flexibility index (Phi) is 14.5. The van der Waals surface area contributed by atoms with Crippen LogP contribution in [0.4, 0.5) is 0 Å². The zero-order valence-corrected chi connectivity index (χ0v) is 6.35. The Morgan fingerprint density at radius 2 is 1.00 bits per heavy atom. The third-order valence-corrected chi connectivity index (χ3v) is 0. The fourth-order valence-electron chi connectivity index (χ4n) is 0. The van der Waals surface area contributed by atoms with Gasteiger partial charge in [0.15, 0.2) is 0 Å². The van der Waals surface area contributed by atoms with Gasteiger partial charge >= 0.3 is 46.9 Å². The van der Waals surface area contributed by atoms with Crippen LogP contribution in [0.2, 0.25) is 0 Å². The van der Waals surface area contributed by atoms with Gasteiger partial charge < -0.3 is 0 Å². The fourth-order valence-corrected chi connectivity index (χ4v) is 0. The van der Waals surface area contributed by atoms with Crippen LogP contribution >= 0.6 is 0 Å². The molecular weight excluding hydrogens is 307 g/mol. The van der Waals surface area contributed by atoms with Crippen molar-refractivity contribution in [3.63, 3.8) is 0 Å². The Balaban J connectivity index is 0. The standard InChI is InChI=1S/Co.4O.W. The zero-order chi connectivity index (χ0) is 5.58. The molecule has 0 fully saturated rings. The summed E-state index contributed by atoms with van der Waals surface area (Å²) in [5, 5.41) is 0. The normalized spacial score (nSPS) is 4.83. The van der Waals surface area contributed by atoms with Crippen molar-refractivity contribution in [3.05, 3.63) is 0 Å². The van der Waals surface area contributed by atoms with Crippen LogP contribution in [0.25, 0.3) is 0 Å². The first-order valence-electron chi connectivity index (χ1n) is 0.636. The van der Waals surface area contributed by atoms with Crippen molar-refractivity contribution in [2.24, 2.45) is 0 Å². The van der Waals surface area contributed by atoms with Gasteiger partial charge in [-0.2, -0.15) is 0 Å². The van der Waals surface area contributed by atoms with E-state index in [0.29, 0.717) is 0 Å². The molecule has 0 unspecified atom stereocenters. The van der Waals surface area contributed by atoms with E-state index in [4.69, 9.17) is 14.1 Å². The predicted molar refractivity (Wildman–Crippen MR) is 2.75 cm³/mol. The molecule has 0 aliphatic carbocycles. The predicted octanol–water partition coefficient (Wildman–Crippen LogP) is -0.480. The molecule has 0 atom stereocenters. The van der Waals surface area contributed by atoms with E-state index in [1.54, 1.807) is 0 Å². The quantitative estimate of drug-likeness (QED) is 0.606. The van der Waals surface area contributed by atoms with Crippen molar-refractivity contribution in [1.29, 1.82) is 0 Å². The molecule has 0 amide bonds. The van der Waals surface area contributed by atoms with Gasteiger partial charge in [-0.3, -0.25) is 0 Å². The second-order valence-electron chi connectivity index (χ2n) is 0.204. The van der Waals surface area contributed by atoms with Gasteiger partial charge in [-0.15, -0.1) is 0 Å². The Morgan fingerprint density at radius 3 is 1.00 bits per heavy atom. The van der Waals surface area contributed by atoms with Crippen molar-refractivity contribution in [1.82, 2.24) is 0 Å². The summed E-state index contributed by atoms with van der Waals surface area (Å²) in [5.41, 5.74) is 0. The first kappa shape index (κ1) is 9.64. The maximum absolute atomic E-state index is 8.61. The number of hydrogen-bond donors (Lipinski definition) is 0. The molecule has 0 saturated heterocycles. The van der Waals surface area contributed by atoms with Gasteiger partial charge in [0.1, 0.15) is 0 Å². The summed E-state index contributed by atoms with van der Waals surface area (Å²) in [6.45, 7) is 0. The minimum absolute atomic E-state index is 2.31. The maximum atomic E-state index is 8.61. The van der Waals surface area contributed by atoms with Crippen molar-refractivity contribution in [2.45, 2.75) is 0 Å². The van der Waals surface area contributed by atoms with Crippen LogP contribution < -0.4 is 0 Å². The first-order chi connectivity index (χ1) is 2.73. The van der Waals surface area contributed by atoms with E-state index in [9.17, 15) is 0 Å². The third kappa shape index (κ3) is 325. The zero-order valence-electron chi connectivity index (χ0n) is 2.37. The Hall–Kier alpha value is 0.395. The fraction of sp³-hybridized carbons (Fsp3) is 0. The van der Waals surface area contributed by atoms with Crippen LogP contribution in [0.3, 0.4) is 0 Å². The van der Waals surface area contributed by atoms with Crippen LogP contribution in [-0.4, -0.2) is 0 Å². The molecule has 4 nitrogen and oxygen atoms in total. The van der Waals surface area contributed by atoms with Crippen LogP contribution in [0.15, 0.2) is 0 Å². The van der Waals surface area contributed by atoms with Crippen molar-refractivity contribution >= 4 is 0 Å². The molecule has 39 valence electrons. The SMILES string of the molecule is [O]=[Co].[O]=[W](=[O])=[O]. The molecule has 0 heterocycles. The van der Waals surface area contributed by atoms with Crippen molar-refractivity contribution in [3.8, 4) is 0 Å². The van der Waals surface area contributed by atoms with E-state index in [0.717, 1.165) is 0 Å². The Bertz CT molecular complexity index is 87.7. The Morgan fingerprint density at radius 1 is 1.00 bits per heavy atom. The van der Waals surface area contributed by atoms with E-state index >= 15 is 0 Å². The minimum atomic E-state index is -4.28. The molecule has 0 spiro atoms. The van der Waals surface area contributed by atoms with Gasteiger partial charge in [-0.25, -0.2) is 0 Å². The molecular formula is CoO4W. The molecule has 0 bridgehead atoms. The number of hydrogen-bond acceptors (Lipinski definition) is 4. The molecule has 0 aromatic carbocycles. The van der Waals surface area contributed by atoms with Gasteiger partial charge in [0, 0.05) is 0 Å². The summed E-state index contributed by atoms with van der Waals surface area (Å²) in [4.78, 5) is 0. The monoisotopic (exact) mass is 307 g/mol. The van der Waals surface area contributed by atoms with Crippen molar-refractivity contribution in [2.75, 3.05) is 0 Å². The second kappa shape index (κ2) is 9.04. The summed E-state index contributed by atoms with van der Waals surface area (Å²) in [5.74, 6) is 0. The molecule has 0 aromatic rings. The van der Waals surface area contributed by atoms with E-state index in [2.05, 4.69) is 15.7 Å². The molecule has 0 rings (SSSR count). The van der Waals surface area contributed by atoms with E-state index in [1.807, 2.05) is 0 Å². The van der Waals surface area contributed by atoms with Crippen LogP contribution in [0, 0.1) is 0 Å². The Labute approximate surface area is 47.2 Å². The van der Waals surface area contributed by atoms with Gasteiger partial charge in [0.2, 0.25) is 0 Å². The van der Waals surface area contributed by atoms with E-state index < -0.39 is 17.2 Å². The van der Waals surface area contributed by atoms with Gasteiger partial charge in [-0.1, -0.05) is 0 Å². The summed E-state index contributed by atoms with van der Waals surface area (Å²) in [6.07, 6.45) is 0. The molecule has 6 heavy (non-hydrogen) atoms. The topological polar surface area (TPSA) is 68.3 Å². The van der Waals surface area contributed by atoms with Crippen LogP contribution in [-0.2, 0) is 46.9 Å². The second-order valence-corrected chi connectivity index (χ2v) is 1.67. The summed E-state index contributed by atoms with van der Waals surface area (Å²) in [7, 11) is 0. The van der Waals surface area contributed by atoms with E-state index in [-0.39, 0.29) is 0 Å². The number of rotatable bonds is 0. The average Bonchev–Trinajstić information content (AvgIpc) is 1.41. The summed E-state index contributed by atoms with van der Waals surface area (Å²) >= 11 is -1.97. The van der Waals surface area contributed by atoms with Gasteiger partial charge in [0.05, 0.1) is 0 Å². The average molecular weight is 307 g/mol. The summed E-state index contributed by atoms with van der Waals surface area (Å²) in [6, 6.07) is 0.